The zero-order valence-corrected chi connectivity index (χ0v) is 10.2. The van der Waals surface area contributed by atoms with Gasteiger partial charge in [0.1, 0.15) is 0 Å². The molecule has 1 aromatic rings. The minimum atomic E-state index is -0.377. The lowest BCUT2D eigenvalue weighted by atomic mass is 10.2. The van der Waals surface area contributed by atoms with E-state index in [0.717, 1.165) is 6.42 Å². The van der Waals surface area contributed by atoms with E-state index in [0.29, 0.717) is 12.0 Å². The summed E-state index contributed by atoms with van der Waals surface area (Å²) in [5.74, 6) is 5.49. The van der Waals surface area contributed by atoms with Gasteiger partial charge in [-0.1, -0.05) is 18.8 Å². The second kappa shape index (κ2) is 6.93. The van der Waals surface area contributed by atoms with E-state index in [4.69, 9.17) is 9.84 Å². The SMILES string of the molecule is CCC(C)Oc1cc(C#CCCO)ccc1F. The summed E-state index contributed by atoms with van der Waals surface area (Å²) < 4.78 is 18.9. The van der Waals surface area contributed by atoms with Crippen molar-refractivity contribution in [3.05, 3.63) is 29.6 Å². The Morgan fingerprint density at radius 3 is 2.88 bits per heavy atom. The van der Waals surface area contributed by atoms with E-state index in [1.54, 1.807) is 12.1 Å². The predicted octanol–water partition coefficient (Wildman–Crippen LogP) is 2.74. The van der Waals surface area contributed by atoms with E-state index < -0.39 is 0 Å². The summed E-state index contributed by atoms with van der Waals surface area (Å²) in [5, 5.41) is 8.61. The summed E-state index contributed by atoms with van der Waals surface area (Å²) in [6.07, 6.45) is 1.21. The lowest BCUT2D eigenvalue weighted by Gasteiger charge is -2.13. The molecular weight excluding hydrogens is 219 g/mol. The summed E-state index contributed by atoms with van der Waals surface area (Å²) in [4.78, 5) is 0. The molecule has 0 fully saturated rings. The fourth-order valence-electron chi connectivity index (χ4n) is 1.19. The molecule has 0 aliphatic rings. The lowest BCUT2D eigenvalue weighted by molar-refractivity contribution is 0.208. The normalized spacial score (nSPS) is 11.5. The summed E-state index contributed by atoms with van der Waals surface area (Å²) in [5.41, 5.74) is 0.693. The third kappa shape index (κ3) is 4.46. The quantitative estimate of drug-likeness (QED) is 0.814. The van der Waals surface area contributed by atoms with E-state index in [9.17, 15) is 4.39 Å². The van der Waals surface area contributed by atoms with Crippen molar-refractivity contribution >= 4 is 0 Å². The Morgan fingerprint density at radius 2 is 2.24 bits per heavy atom. The largest absolute Gasteiger partial charge is 0.488 e. The van der Waals surface area contributed by atoms with Crippen molar-refractivity contribution in [1.29, 1.82) is 0 Å². The van der Waals surface area contributed by atoms with Crippen LogP contribution >= 0.6 is 0 Å². The van der Waals surface area contributed by atoms with E-state index in [-0.39, 0.29) is 24.3 Å². The Morgan fingerprint density at radius 1 is 1.47 bits per heavy atom. The first-order valence-corrected chi connectivity index (χ1v) is 5.73. The van der Waals surface area contributed by atoms with Crippen molar-refractivity contribution in [2.75, 3.05) is 6.61 Å². The minimum Gasteiger partial charge on any atom is -0.488 e. The third-order valence-corrected chi connectivity index (χ3v) is 2.30. The van der Waals surface area contributed by atoms with Crippen LogP contribution < -0.4 is 4.74 Å². The molecular formula is C14H17FO2. The van der Waals surface area contributed by atoms with Gasteiger partial charge in [0.05, 0.1) is 12.7 Å². The third-order valence-electron chi connectivity index (χ3n) is 2.30. The van der Waals surface area contributed by atoms with Gasteiger partial charge in [0.15, 0.2) is 11.6 Å². The maximum atomic E-state index is 13.4. The highest BCUT2D eigenvalue weighted by Crippen LogP contribution is 2.20. The van der Waals surface area contributed by atoms with Crippen LogP contribution in [0.2, 0.25) is 0 Å². The average molecular weight is 236 g/mol. The van der Waals surface area contributed by atoms with Gasteiger partial charge in [0, 0.05) is 12.0 Å². The molecule has 0 aromatic heterocycles. The number of aliphatic hydroxyl groups is 1. The Balaban J connectivity index is 2.84. The first-order valence-electron chi connectivity index (χ1n) is 5.73. The molecule has 2 nitrogen and oxygen atoms in total. The first kappa shape index (κ1) is 13.5. The Kier molecular flexibility index (Phi) is 5.51. The molecule has 0 amide bonds. The van der Waals surface area contributed by atoms with Gasteiger partial charge in [-0.3, -0.25) is 0 Å². The smallest absolute Gasteiger partial charge is 0.165 e. The van der Waals surface area contributed by atoms with Crippen molar-refractivity contribution in [2.45, 2.75) is 32.8 Å². The molecule has 0 radical (unpaired) electrons. The van der Waals surface area contributed by atoms with Gasteiger partial charge in [0.2, 0.25) is 0 Å². The monoisotopic (exact) mass is 236 g/mol. The molecule has 0 bridgehead atoms. The molecule has 1 rings (SSSR count). The van der Waals surface area contributed by atoms with Crippen LogP contribution in [-0.2, 0) is 0 Å². The first-order chi connectivity index (χ1) is 8.17. The van der Waals surface area contributed by atoms with Crippen LogP contribution in [0.1, 0.15) is 32.3 Å². The highest BCUT2D eigenvalue weighted by Gasteiger charge is 2.07. The van der Waals surface area contributed by atoms with E-state index in [1.165, 1.54) is 6.07 Å². The van der Waals surface area contributed by atoms with E-state index in [1.807, 2.05) is 13.8 Å². The molecule has 0 saturated carbocycles. The van der Waals surface area contributed by atoms with E-state index in [2.05, 4.69) is 11.8 Å². The van der Waals surface area contributed by atoms with Gasteiger partial charge in [-0.2, -0.15) is 0 Å². The number of benzene rings is 1. The maximum Gasteiger partial charge on any atom is 0.165 e. The summed E-state index contributed by atoms with van der Waals surface area (Å²) in [7, 11) is 0. The number of halogens is 1. The van der Waals surface area contributed by atoms with Gasteiger partial charge >= 0.3 is 0 Å². The second-order valence-corrected chi connectivity index (χ2v) is 3.76. The van der Waals surface area contributed by atoms with Crippen molar-refractivity contribution in [3.8, 4) is 17.6 Å². The van der Waals surface area contributed by atoms with Gasteiger partial charge in [0.25, 0.3) is 0 Å². The number of hydrogen-bond donors (Lipinski definition) is 1. The van der Waals surface area contributed by atoms with Crippen molar-refractivity contribution in [3.63, 3.8) is 0 Å². The predicted molar refractivity (Wildman–Crippen MR) is 65.4 cm³/mol. The Labute approximate surface area is 101 Å². The minimum absolute atomic E-state index is 0.0230. The maximum absolute atomic E-state index is 13.4. The summed E-state index contributed by atoms with van der Waals surface area (Å²) >= 11 is 0. The van der Waals surface area contributed by atoms with Gasteiger partial charge < -0.3 is 9.84 Å². The van der Waals surface area contributed by atoms with Crippen LogP contribution in [0.25, 0.3) is 0 Å². The average Bonchev–Trinajstić information content (AvgIpc) is 2.33. The van der Waals surface area contributed by atoms with Crippen molar-refractivity contribution < 1.29 is 14.2 Å². The van der Waals surface area contributed by atoms with Crippen molar-refractivity contribution in [2.24, 2.45) is 0 Å². The molecule has 3 heteroatoms. The second-order valence-electron chi connectivity index (χ2n) is 3.76. The van der Waals surface area contributed by atoms with Crippen LogP contribution in [0.4, 0.5) is 4.39 Å². The topological polar surface area (TPSA) is 29.5 Å². The zero-order chi connectivity index (χ0) is 12.7. The molecule has 17 heavy (non-hydrogen) atoms. The molecule has 0 aliphatic heterocycles. The molecule has 0 saturated heterocycles. The van der Waals surface area contributed by atoms with Crippen LogP contribution in [0, 0.1) is 17.7 Å². The molecule has 0 spiro atoms. The van der Waals surface area contributed by atoms with Crippen molar-refractivity contribution in [1.82, 2.24) is 0 Å². The Hall–Kier alpha value is -1.53. The van der Waals surface area contributed by atoms with Crippen LogP contribution in [0.3, 0.4) is 0 Å². The van der Waals surface area contributed by atoms with E-state index >= 15 is 0 Å². The molecule has 0 heterocycles. The molecule has 1 atom stereocenters. The van der Waals surface area contributed by atoms with Gasteiger partial charge in [-0.05, 0) is 31.5 Å². The molecule has 92 valence electrons. The number of rotatable bonds is 4. The number of aliphatic hydroxyl groups excluding tert-OH is 1. The fraction of sp³-hybridized carbons (Fsp3) is 0.429. The Bertz CT molecular complexity index is 418. The van der Waals surface area contributed by atoms with Gasteiger partial charge in [-0.15, -0.1) is 0 Å². The fourth-order valence-corrected chi connectivity index (χ4v) is 1.19. The molecule has 1 N–H and O–H groups in total. The van der Waals surface area contributed by atoms with Crippen LogP contribution in [-0.4, -0.2) is 17.8 Å². The number of ether oxygens (including phenoxy) is 1. The molecule has 0 aliphatic carbocycles. The van der Waals surface area contributed by atoms with Crippen LogP contribution in [0.15, 0.2) is 18.2 Å². The lowest BCUT2D eigenvalue weighted by Crippen LogP contribution is -2.10. The molecule has 1 aromatic carbocycles. The standard InChI is InChI=1S/C14H17FO2/c1-3-11(2)17-14-10-12(6-4-5-9-16)7-8-13(14)15/h7-8,10-11,16H,3,5,9H2,1-2H3. The number of hydrogen-bond acceptors (Lipinski definition) is 2. The summed E-state index contributed by atoms with van der Waals surface area (Å²) in [6.45, 7) is 3.90. The summed E-state index contributed by atoms with van der Waals surface area (Å²) in [6, 6.07) is 4.54. The van der Waals surface area contributed by atoms with Crippen LogP contribution in [0.5, 0.6) is 5.75 Å². The highest BCUT2D eigenvalue weighted by atomic mass is 19.1. The molecule has 1 unspecified atom stereocenters. The highest BCUT2D eigenvalue weighted by molar-refractivity contribution is 5.40. The van der Waals surface area contributed by atoms with Gasteiger partial charge in [-0.25, -0.2) is 4.39 Å². The zero-order valence-electron chi connectivity index (χ0n) is 10.2.